The quantitative estimate of drug-likeness (QED) is 0.519. The molecule has 22 heavy (non-hydrogen) atoms. The smallest absolute Gasteiger partial charge is 0.271 e. The van der Waals surface area contributed by atoms with Gasteiger partial charge in [0.25, 0.3) is 5.69 Å². The van der Waals surface area contributed by atoms with Crippen LogP contribution in [-0.2, 0) is 4.79 Å². The van der Waals surface area contributed by atoms with E-state index in [-0.39, 0.29) is 11.4 Å². The van der Waals surface area contributed by atoms with Crippen LogP contribution in [0.2, 0.25) is 0 Å². The third-order valence-electron chi connectivity index (χ3n) is 2.69. The van der Waals surface area contributed by atoms with Crippen molar-refractivity contribution in [1.82, 2.24) is 4.98 Å². The molecule has 1 amide bonds. The SMILES string of the molecule is COc1ccc([N+](=O)[O-])cc1NC(=O)/C=C/c1csc(C)n1. The molecule has 2 rings (SSSR count). The fourth-order valence-corrected chi connectivity index (χ4v) is 2.28. The molecule has 1 aromatic heterocycles. The maximum atomic E-state index is 11.9. The minimum atomic E-state index is -0.539. The van der Waals surface area contributed by atoms with Crippen LogP contribution >= 0.6 is 11.3 Å². The zero-order valence-electron chi connectivity index (χ0n) is 11.9. The Hall–Kier alpha value is -2.74. The molecule has 1 aromatic carbocycles. The number of amides is 1. The molecule has 0 aliphatic heterocycles. The monoisotopic (exact) mass is 319 g/mol. The van der Waals surface area contributed by atoms with Gasteiger partial charge < -0.3 is 10.1 Å². The summed E-state index contributed by atoms with van der Waals surface area (Å²) in [5.74, 6) is -0.0821. The van der Waals surface area contributed by atoms with E-state index in [0.29, 0.717) is 11.4 Å². The summed E-state index contributed by atoms with van der Waals surface area (Å²) in [6.45, 7) is 1.87. The first-order valence-electron chi connectivity index (χ1n) is 6.23. The van der Waals surface area contributed by atoms with E-state index in [4.69, 9.17) is 4.74 Å². The van der Waals surface area contributed by atoms with Gasteiger partial charge in [-0.2, -0.15) is 0 Å². The first kappa shape index (κ1) is 15.6. The Morgan fingerprint density at radius 1 is 1.50 bits per heavy atom. The summed E-state index contributed by atoms with van der Waals surface area (Å²) in [6.07, 6.45) is 2.88. The van der Waals surface area contributed by atoms with Crippen molar-refractivity contribution >= 4 is 34.7 Å². The predicted molar refractivity (Wildman–Crippen MR) is 84.2 cm³/mol. The number of carbonyl (C=O) groups excluding carboxylic acids is 1. The molecule has 0 unspecified atom stereocenters. The number of aryl methyl sites for hydroxylation is 1. The van der Waals surface area contributed by atoms with Crippen molar-refractivity contribution in [3.63, 3.8) is 0 Å². The lowest BCUT2D eigenvalue weighted by Gasteiger charge is -2.08. The fourth-order valence-electron chi connectivity index (χ4n) is 1.70. The van der Waals surface area contributed by atoms with E-state index in [0.717, 1.165) is 5.01 Å². The van der Waals surface area contributed by atoms with Gasteiger partial charge >= 0.3 is 0 Å². The lowest BCUT2D eigenvalue weighted by molar-refractivity contribution is -0.384. The Bertz CT molecular complexity index is 739. The molecular weight excluding hydrogens is 306 g/mol. The average molecular weight is 319 g/mol. The number of non-ortho nitro benzene ring substituents is 1. The second-order valence-electron chi connectivity index (χ2n) is 4.26. The Morgan fingerprint density at radius 2 is 2.27 bits per heavy atom. The maximum Gasteiger partial charge on any atom is 0.271 e. The van der Waals surface area contributed by atoms with E-state index in [1.54, 1.807) is 6.08 Å². The molecule has 0 aliphatic rings. The standard InChI is InChI=1S/C14H13N3O4S/c1-9-15-10(8-22-9)3-6-14(18)16-12-7-11(17(19)20)4-5-13(12)21-2/h3-8H,1-2H3,(H,16,18)/b6-3+. The summed E-state index contributed by atoms with van der Waals surface area (Å²) in [5, 5.41) is 16.1. The van der Waals surface area contributed by atoms with Gasteiger partial charge in [-0.05, 0) is 19.1 Å². The number of anilines is 1. The van der Waals surface area contributed by atoms with E-state index in [1.807, 2.05) is 12.3 Å². The van der Waals surface area contributed by atoms with Crippen LogP contribution in [0.25, 0.3) is 6.08 Å². The molecule has 114 valence electrons. The number of ether oxygens (including phenoxy) is 1. The van der Waals surface area contributed by atoms with E-state index < -0.39 is 10.8 Å². The van der Waals surface area contributed by atoms with Crippen molar-refractivity contribution in [2.45, 2.75) is 6.92 Å². The molecule has 0 saturated carbocycles. The third-order valence-corrected chi connectivity index (χ3v) is 3.49. The third kappa shape index (κ3) is 3.89. The first-order valence-corrected chi connectivity index (χ1v) is 7.11. The van der Waals surface area contributed by atoms with Crippen molar-refractivity contribution in [3.05, 3.63) is 50.5 Å². The van der Waals surface area contributed by atoms with Gasteiger partial charge in [0.1, 0.15) is 5.75 Å². The summed E-state index contributed by atoms with van der Waals surface area (Å²) in [6, 6.07) is 3.99. The van der Waals surface area contributed by atoms with Gasteiger partial charge in [0.2, 0.25) is 5.91 Å². The molecule has 0 fully saturated rings. The molecule has 0 saturated heterocycles. The van der Waals surface area contributed by atoms with Gasteiger partial charge in [-0.1, -0.05) is 0 Å². The van der Waals surface area contributed by atoms with Crippen molar-refractivity contribution < 1.29 is 14.5 Å². The summed E-state index contributed by atoms with van der Waals surface area (Å²) in [7, 11) is 1.42. The molecule has 1 heterocycles. The molecule has 0 aliphatic carbocycles. The highest BCUT2D eigenvalue weighted by Gasteiger charge is 2.12. The van der Waals surface area contributed by atoms with Crippen LogP contribution in [0.4, 0.5) is 11.4 Å². The number of hydrogen-bond donors (Lipinski definition) is 1. The fraction of sp³-hybridized carbons (Fsp3) is 0.143. The number of nitro groups is 1. The normalized spacial score (nSPS) is 10.6. The number of nitrogens with zero attached hydrogens (tertiary/aromatic N) is 2. The maximum absolute atomic E-state index is 11.9. The zero-order chi connectivity index (χ0) is 16.1. The van der Waals surface area contributed by atoms with E-state index in [1.165, 1.54) is 42.7 Å². The predicted octanol–water partition coefficient (Wildman–Crippen LogP) is 3.02. The van der Waals surface area contributed by atoms with Crippen molar-refractivity contribution in [1.29, 1.82) is 0 Å². The number of methoxy groups -OCH3 is 1. The summed E-state index contributed by atoms with van der Waals surface area (Å²) >= 11 is 1.48. The Morgan fingerprint density at radius 3 is 2.86 bits per heavy atom. The van der Waals surface area contributed by atoms with Crippen LogP contribution in [0, 0.1) is 17.0 Å². The van der Waals surface area contributed by atoms with Crippen LogP contribution in [0.1, 0.15) is 10.7 Å². The Kier molecular flexibility index (Phi) is 4.84. The number of thiazole rings is 1. The highest BCUT2D eigenvalue weighted by molar-refractivity contribution is 7.09. The molecule has 0 spiro atoms. The van der Waals surface area contributed by atoms with Gasteiger partial charge in [0.05, 0.1) is 28.4 Å². The van der Waals surface area contributed by atoms with E-state index in [2.05, 4.69) is 10.3 Å². The van der Waals surface area contributed by atoms with Crippen LogP contribution in [0.15, 0.2) is 29.7 Å². The highest BCUT2D eigenvalue weighted by Crippen LogP contribution is 2.28. The van der Waals surface area contributed by atoms with Crippen molar-refractivity contribution in [2.24, 2.45) is 0 Å². The lowest BCUT2D eigenvalue weighted by Crippen LogP contribution is -2.09. The molecule has 2 aromatic rings. The van der Waals surface area contributed by atoms with E-state index in [9.17, 15) is 14.9 Å². The molecular formula is C14H13N3O4S. The number of aromatic nitrogens is 1. The minimum absolute atomic E-state index is 0.129. The van der Waals surface area contributed by atoms with Gasteiger partial charge in [-0.25, -0.2) is 4.98 Å². The second kappa shape index (κ2) is 6.81. The van der Waals surface area contributed by atoms with Gasteiger partial charge in [-0.15, -0.1) is 11.3 Å². The zero-order valence-corrected chi connectivity index (χ0v) is 12.7. The molecule has 0 bridgehead atoms. The minimum Gasteiger partial charge on any atom is -0.495 e. The van der Waals surface area contributed by atoms with Crippen molar-refractivity contribution in [3.8, 4) is 5.75 Å². The molecule has 7 nitrogen and oxygen atoms in total. The lowest BCUT2D eigenvalue weighted by atomic mass is 10.2. The number of hydrogen-bond acceptors (Lipinski definition) is 6. The van der Waals surface area contributed by atoms with Crippen LogP contribution < -0.4 is 10.1 Å². The number of nitrogens with one attached hydrogen (secondary N) is 1. The summed E-state index contributed by atoms with van der Waals surface area (Å²) < 4.78 is 5.07. The Labute approximate surface area is 130 Å². The number of carbonyl (C=O) groups is 1. The molecule has 1 N–H and O–H groups in total. The largest absolute Gasteiger partial charge is 0.495 e. The molecule has 0 atom stereocenters. The summed E-state index contributed by atoms with van der Waals surface area (Å²) in [4.78, 5) is 26.3. The Balaban J connectivity index is 2.15. The van der Waals surface area contributed by atoms with E-state index >= 15 is 0 Å². The molecule has 0 radical (unpaired) electrons. The average Bonchev–Trinajstić information content (AvgIpc) is 2.90. The van der Waals surface area contributed by atoms with Crippen molar-refractivity contribution in [2.75, 3.05) is 12.4 Å². The molecule has 8 heteroatoms. The number of rotatable bonds is 5. The topological polar surface area (TPSA) is 94.4 Å². The van der Waals surface area contributed by atoms with Gasteiger partial charge in [0.15, 0.2) is 0 Å². The first-order chi connectivity index (χ1) is 10.5. The van der Waals surface area contributed by atoms with Crippen LogP contribution in [0.3, 0.4) is 0 Å². The number of benzene rings is 1. The van der Waals surface area contributed by atoms with Gasteiger partial charge in [-0.3, -0.25) is 14.9 Å². The summed E-state index contributed by atoms with van der Waals surface area (Å²) in [5.41, 5.74) is 0.791. The van der Waals surface area contributed by atoms with Crippen LogP contribution in [-0.4, -0.2) is 22.9 Å². The van der Waals surface area contributed by atoms with Gasteiger partial charge in [0, 0.05) is 23.6 Å². The second-order valence-corrected chi connectivity index (χ2v) is 5.32. The van der Waals surface area contributed by atoms with Crippen LogP contribution in [0.5, 0.6) is 5.75 Å². The highest BCUT2D eigenvalue weighted by atomic mass is 32.1. The number of nitro benzene ring substituents is 1.